The quantitative estimate of drug-likeness (QED) is 0.543. The van der Waals surface area contributed by atoms with Crippen molar-refractivity contribution >= 4 is 21.4 Å². The van der Waals surface area contributed by atoms with Crippen LogP contribution < -0.4 is 0 Å². The first-order valence-electron chi connectivity index (χ1n) is 6.93. The second-order valence-corrected chi connectivity index (χ2v) is 5.89. The van der Waals surface area contributed by atoms with Crippen molar-refractivity contribution in [3.05, 3.63) is 71.4 Å². The summed E-state index contributed by atoms with van der Waals surface area (Å²) in [6.07, 6.45) is 9.21. The maximum absolute atomic E-state index is 9.12. The molecule has 0 saturated heterocycles. The molecule has 0 amide bonds. The van der Waals surface area contributed by atoms with E-state index in [1.54, 1.807) is 10.7 Å². The van der Waals surface area contributed by atoms with E-state index in [4.69, 9.17) is 5.26 Å². The summed E-state index contributed by atoms with van der Waals surface area (Å²) >= 11 is 3.53. The van der Waals surface area contributed by atoms with Crippen molar-refractivity contribution < 1.29 is 0 Å². The van der Waals surface area contributed by atoms with Crippen LogP contribution in [0, 0.1) is 11.3 Å². The van der Waals surface area contributed by atoms with Crippen LogP contribution >= 0.6 is 15.9 Å². The molecule has 0 saturated carbocycles. The Kier molecular flexibility index (Phi) is 3.21. The van der Waals surface area contributed by atoms with Crippen LogP contribution in [-0.4, -0.2) is 19.2 Å². The van der Waals surface area contributed by atoms with Crippen LogP contribution in [0.3, 0.4) is 0 Å². The Hall–Kier alpha value is -2.91. The third-order valence-electron chi connectivity index (χ3n) is 3.64. The summed E-state index contributed by atoms with van der Waals surface area (Å²) in [6, 6.07) is 12.0. The van der Waals surface area contributed by atoms with Gasteiger partial charge in [-0.3, -0.25) is 0 Å². The maximum atomic E-state index is 9.12. The van der Waals surface area contributed by atoms with Gasteiger partial charge in [0.1, 0.15) is 11.9 Å². The number of rotatable bonds is 2. The van der Waals surface area contributed by atoms with Crippen molar-refractivity contribution in [3.8, 4) is 23.0 Å². The van der Waals surface area contributed by atoms with Crippen LogP contribution in [0.2, 0.25) is 0 Å². The van der Waals surface area contributed by atoms with Gasteiger partial charge in [0.2, 0.25) is 0 Å². The zero-order valence-corrected chi connectivity index (χ0v) is 13.5. The molecule has 4 aromatic heterocycles. The third kappa shape index (κ3) is 2.31. The molecule has 4 rings (SSSR count). The predicted molar refractivity (Wildman–Crippen MR) is 90.2 cm³/mol. The number of hydrogen-bond donors (Lipinski definition) is 0. The summed E-state index contributed by atoms with van der Waals surface area (Å²) in [5.74, 6) is 0.866. The zero-order valence-electron chi connectivity index (χ0n) is 11.9. The van der Waals surface area contributed by atoms with Crippen molar-refractivity contribution in [2.24, 2.45) is 0 Å². The van der Waals surface area contributed by atoms with Crippen LogP contribution in [0.5, 0.6) is 0 Å². The molecule has 4 heterocycles. The Labute approximate surface area is 140 Å². The molecule has 4 aromatic rings. The summed E-state index contributed by atoms with van der Waals surface area (Å²) in [5.41, 5.74) is 3.28. The highest BCUT2D eigenvalue weighted by Crippen LogP contribution is 2.28. The average molecular weight is 364 g/mol. The highest BCUT2D eigenvalue weighted by atomic mass is 79.9. The van der Waals surface area contributed by atoms with E-state index in [0.29, 0.717) is 5.56 Å². The highest BCUT2D eigenvalue weighted by Gasteiger charge is 2.10. The van der Waals surface area contributed by atoms with Gasteiger partial charge in [-0.1, -0.05) is 0 Å². The van der Waals surface area contributed by atoms with Crippen LogP contribution in [0.15, 0.2) is 65.8 Å². The first kappa shape index (κ1) is 13.7. The second-order valence-electron chi connectivity index (χ2n) is 5.04. The average Bonchev–Trinajstić information content (AvgIpc) is 3.24. The number of fused-ring (bicyclic) bond motifs is 1. The van der Waals surface area contributed by atoms with Gasteiger partial charge >= 0.3 is 0 Å². The Morgan fingerprint density at radius 2 is 1.91 bits per heavy atom. The van der Waals surface area contributed by atoms with E-state index in [9.17, 15) is 0 Å². The van der Waals surface area contributed by atoms with Crippen LogP contribution in [-0.2, 0) is 0 Å². The molecule has 0 aliphatic carbocycles. The van der Waals surface area contributed by atoms with Crippen molar-refractivity contribution in [1.82, 2.24) is 19.2 Å². The van der Waals surface area contributed by atoms with E-state index in [1.165, 1.54) is 0 Å². The van der Waals surface area contributed by atoms with Crippen LogP contribution in [0.25, 0.3) is 22.5 Å². The summed E-state index contributed by atoms with van der Waals surface area (Å²) in [5, 5.41) is 13.4. The van der Waals surface area contributed by atoms with E-state index in [2.05, 4.69) is 32.1 Å². The molecular weight excluding hydrogens is 354 g/mol. The van der Waals surface area contributed by atoms with Crippen molar-refractivity contribution in [3.63, 3.8) is 0 Å². The lowest BCUT2D eigenvalue weighted by molar-refractivity contribution is 0.959. The summed E-state index contributed by atoms with van der Waals surface area (Å²) in [7, 11) is 0. The highest BCUT2D eigenvalue weighted by molar-refractivity contribution is 9.10. The predicted octanol–water partition coefficient (Wildman–Crippen LogP) is 3.82. The van der Waals surface area contributed by atoms with Gasteiger partial charge in [-0.15, -0.1) is 0 Å². The van der Waals surface area contributed by atoms with Gasteiger partial charge < -0.3 is 4.57 Å². The number of aromatic nitrogens is 4. The number of nitrogens with zero attached hydrogens (tertiary/aromatic N) is 5. The third-order valence-corrected chi connectivity index (χ3v) is 4.24. The van der Waals surface area contributed by atoms with Gasteiger partial charge in [-0.2, -0.15) is 10.4 Å². The van der Waals surface area contributed by atoms with E-state index in [1.807, 2.05) is 59.7 Å². The Balaban J connectivity index is 1.79. The molecule has 0 fully saturated rings. The fraction of sp³-hybridized carbons (Fsp3) is 0. The van der Waals surface area contributed by atoms with Gasteiger partial charge in [0.15, 0.2) is 0 Å². The minimum Gasteiger partial charge on any atom is -0.309 e. The fourth-order valence-electron chi connectivity index (χ4n) is 2.51. The number of hydrogen-bond acceptors (Lipinski definition) is 3. The second kappa shape index (κ2) is 5.38. The first-order valence-corrected chi connectivity index (χ1v) is 7.72. The Morgan fingerprint density at radius 1 is 1.09 bits per heavy atom. The van der Waals surface area contributed by atoms with Gasteiger partial charge in [0.25, 0.3) is 0 Å². The van der Waals surface area contributed by atoms with E-state index in [-0.39, 0.29) is 0 Å². The Morgan fingerprint density at radius 3 is 2.61 bits per heavy atom. The maximum Gasteiger partial charge on any atom is 0.136 e. The van der Waals surface area contributed by atoms with Crippen molar-refractivity contribution in [2.45, 2.75) is 0 Å². The van der Waals surface area contributed by atoms with E-state index >= 15 is 0 Å². The lowest BCUT2D eigenvalue weighted by Crippen LogP contribution is -1.95. The van der Waals surface area contributed by atoms with Gasteiger partial charge in [0, 0.05) is 40.4 Å². The van der Waals surface area contributed by atoms with Crippen LogP contribution in [0.1, 0.15) is 5.56 Å². The molecule has 5 nitrogen and oxygen atoms in total. The summed E-state index contributed by atoms with van der Waals surface area (Å²) in [6.45, 7) is 0. The molecule has 0 aliphatic heterocycles. The van der Waals surface area contributed by atoms with Gasteiger partial charge in [0.05, 0.1) is 17.3 Å². The SMILES string of the molecule is N#Cc1cnn2cc(-c3ccc(-n4cccc4)nc3)cc(Br)c12. The van der Waals surface area contributed by atoms with Gasteiger partial charge in [-0.05, 0) is 46.3 Å². The molecule has 0 aliphatic rings. The topological polar surface area (TPSA) is 58.9 Å². The largest absolute Gasteiger partial charge is 0.309 e. The molecule has 0 unspecified atom stereocenters. The molecule has 0 atom stereocenters. The molecule has 0 bridgehead atoms. The van der Waals surface area contributed by atoms with E-state index in [0.717, 1.165) is 26.9 Å². The molecule has 23 heavy (non-hydrogen) atoms. The molecule has 110 valence electrons. The molecule has 6 heteroatoms. The lowest BCUT2D eigenvalue weighted by atomic mass is 10.1. The van der Waals surface area contributed by atoms with Crippen LogP contribution in [0.4, 0.5) is 0 Å². The molecule has 0 aromatic carbocycles. The van der Waals surface area contributed by atoms with Crippen molar-refractivity contribution in [2.75, 3.05) is 0 Å². The minimum atomic E-state index is 0.546. The summed E-state index contributed by atoms with van der Waals surface area (Å²) < 4.78 is 4.49. The molecule has 0 radical (unpaired) electrons. The lowest BCUT2D eigenvalue weighted by Gasteiger charge is -2.06. The fourth-order valence-corrected chi connectivity index (χ4v) is 3.15. The smallest absolute Gasteiger partial charge is 0.136 e. The molecule has 0 spiro atoms. The normalized spacial score (nSPS) is 10.8. The van der Waals surface area contributed by atoms with Crippen molar-refractivity contribution in [1.29, 1.82) is 5.26 Å². The zero-order chi connectivity index (χ0) is 15.8. The standard InChI is InChI=1S/C17H10BrN5/c18-15-7-13(11-23-17(15)14(8-19)10-21-23)12-3-4-16(20-9-12)22-5-1-2-6-22/h1-7,9-11H. The number of halogens is 1. The molecular formula is C17H10BrN5. The monoisotopic (exact) mass is 363 g/mol. The first-order chi connectivity index (χ1) is 11.3. The Bertz CT molecular complexity index is 1020. The minimum absolute atomic E-state index is 0.546. The summed E-state index contributed by atoms with van der Waals surface area (Å²) in [4.78, 5) is 4.49. The number of nitriles is 1. The molecule has 0 N–H and O–H groups in total. The number of pyridine rings is 2. The van der Waals surface area contributed by atoms with E-state index < -0.39 is 0 Å². The van der Waals surface area contributed by atoms with Gasteiger partial charge in [-0.25, -0.2) is 9.50 Å².